The maximum Gasteiger partial charge on any atom is 0.234 e. The zero-order valence-corrected chi connectivity index (χ0v) is 13.8. The first-order valence-corrected chi connectivity index (χ1v) is 7.98. The molecule has 8 heteroatoms. The summed E-state index contributed by atoms with van der Waals surface area (Å²) in [7, 11) is 0. The molecule has 112 valence electrons. The minimum absolute atomic E-state index is 0.142. The van der Waals surface area contributed by atoms with Crippen molar-refractivity contribution in [1.29, 1.82) is 0 Å². The van der Waals surface area contributed by atoms with E-state index in [9.17, 15) is 4.79 Å². The fraction of sp³-hybridized carbons (Fsp3) is 0.308. The number of aromatic nitrogens is 3. The highest BCUT2D eigenvalue weighted by atomic mass is 35.5. The Morgan fingerprint density at radius 1 is 1.38 bits per heavy atom. The van der Waals surface area contributed by atoms with Crippen LogP contribution in [0, 0.1) is 0 Å². The molecule has 0 atom stereocenters. The van der Waals surface area contributed by atoms with Crippen molar-refractivity contribution >= 4 is 46.6 Å². The van der Waals surface area contributed by atoms with Gasteiger partial charge in [-0.25, -0.2) is 0 Å². The Bertz CT molecular complexity index is 645. The average molecular weight is 345 g/mol. The highest BCUT2D eigenvalue weighted by Crippen LogP contribution is 2.25. The van der Waals surface area contributed by atoms with E-state index < -0.39 is 0 Å². The van der Waals surface area contributed by atoms with Crippen LogP contribution in [-0.2, 0) is 4.79 Å². The Labute approximate surface area is 137 Å². The van der Waals surface area contributed by atoms with Crippen LogP contribution in [0.5, 0.6) is 0 Å². The summed E-state index contributed by atoms with van der Waals surface area (Å²) in [6.45, 7) is 4.06. The summed E-state index contributed by atoms with van der Waals surface area (Å²) in [6, 6.07) is 5.21. The predicted octanol–water partition coefficient (Wildman–Crippen LogP) is 3.90. The highest BCUT2D eigenvalue weighted by molar-refractivity contribution is 7.99. The lowest BCUT2D eigenvalue weighted by Gasteiger charge is -2.09. The van der Waals surface area contributed by atoms with Crippen LogP contribution in [0.2, 0.25) is 10.0 Å². The van der Waals surface area contributed by atoms with Crippen molar-refractivity contribution in [2.24, 2.45) is 0 Å². The van der Waals surface area contributed by atoms with E-state index in [1.807, 2.05) is 18.4 Å². The van der Waals surface area contributed by atoms with Gasteiger partial charge in [0.15, 0.2) is 5.16 Å². The van der Waals surface area contributed by atoms with Crippen molar-refractivity contribution in [3.8, 4) is 0 Å². The molecule has 1 amide bonds. The number of thioether (sulfide) groups is 1. The minimum atomic E-state index is -0.142. The van der Waals surface area contributed by atoms with Crippen LogP contribution in [0.1, 0.15) is 19.9 Å². The lowest BCUT2D eigenvalue weighted by Crippen LogP contribution is -2.14. The Morgan fingerprint density at radius 3 is 2.81 bits per heavy atom. The summed E-state index contributed by atoms with van der Waals surface area (Å²) >= 11 is 13.1. The van der Waals surface area contributed by atoms with Gasteiger partial charge in [-0.15, -0.1) is 10.2 Å². The molecule has 0 fully saturated rings. The lowest BCUT2D eigenvalue weighted by atomic mass is 10.3. The van der Waals surface area contributed by atoms with E-state index in [4.69, 9.17) is 23.2 Å². The van der Waals surface area contributed by atoms with E-state index in [0.717, 1.165) is 0 Å². The number of nitrogens with one attached hydrogen (secondary N) is 1. The van der Waals surface area contributed by atoms with Crippen LogP contribution in [0.25, 0.3) is 0 Å². The van der Waals surface area contributed by atoms with E-state index in [0.29, 0.717) is 20.9 Å². The molecule has 0 bridgehead atoms. The van der Waals surface area contributed by atoms with Gasteiger partial charge in [-0.1, -0.05) is 35.0 Å². The van der Waals surface area contributed by atoms with Gasteiger partial charge >= 0.3 is 0 Å². The van der Waals surface area contributed by atoms with Crippen LogP contribution < -0.4 is 5.32 Å². The van der Waals surface area contributed by atoms with Crippen molar-refractivity contribution in [2.75, 3.05) is 11.1 Å². The smallest absolute Gasteiger partial charge is 0.234 e. The van der Waals surface area contributed by atoms with E-state index in [-0.39, 0.29) is 17.7 Å². The maximum absolute atomic E-state index is 11.9. The molecule has 0 radical (unpaired) electrons. The van der Waals surface area contributed by atoms with Crippen molar-refractivity contribution in [1.82, 2.24) is 14.8 Å². The van der Waals surface area contributed by atoms with Crippen molar-refractivity contribution in [2.45, 2.75) is 25.0 Å². The van der Waals surface area contributed by atoms with E-state index in [1.165, 1.54) is 11.8 Å². The average Bonchev–Trinajstić information content (AvgIpc) is 2.89. The molecule has 0 unspecified atom stereocenters. The lowest BCUT2D eigenvalue weighted by molar-refractivity contribution is -0.113. The van der Waals surface area contributed by atoms with Crippen molar-refractivity contribution in [3.63, 3.8) is 0 Å². The van der Waals surface area contributed by atoms with E-state index >= 15 is 0 Å². The first kappa shape index (κ1) is 16.1. The third-order valence-corrected chi connectivity index (χ3v) is 4.33. The van der Waals surface area contributed by atoms with Gasteiger partial charge in [0.05, 0.1) is 15.8 Å². The molecule has 0 spiro atoms. The molecule has 1 heterocycles. The molecule has 1 aromatic heterocycles. The number of halogens is 2. The number of amides is 1. The Kier molecular flexibility index (Phi) is 5.50. The Morgan fingerprint density at radius 2 is 2.14 bits per heavy atom. The summed E-state index contributed by atoms with van der Waals surface area (Å²) in [6.07, 6.45) is 1.66. The van der Waals surface area contributed by atoms with E-state index in [1.54, 1.807) is 24.5 Å². The summed E-state index contributed by atoms with van der Waals surface area (Å²) in [5.41, 5.74) is 0.611. The normalized spacial score (nSPS) is 10.9. The molecule has 2 rings (SSSR count). The highest BCUT2D eigenvalue weighted by Gasteiger charge is 2.11. The van der Waals surface area contributed by atoms with Gasteiger partial charge in [0.2, 0.25) is 5.91 Å². The molecule has 0 aliphatic carbocycles. The number of rotatable bonds is 5. The number of anilines is 1. The number of benzene rings is 1. The second-order valence-corrected chi connectivity index (χ2v) is 6.34. The Balaban J connectivity index is 1.93. The number of carbonyl (C=O) groups excluding carboxylic acids is 1. The van der Waals surface area contributed by atoms with Crippen LogP contribution in [0.15, 0.2) is 29.7 Å². The van der Waals surface area contributed by atoms with Gasteiger partial charge < -0.3 is 9.88 Å². The van der Waals surface area contributed by atoms with Gasteiger partial charge in [0.1, 0.15) is 6.33 Å². The summed E-state index contributed by atoms with van der Waals surface area (Å²) in [4.78, 5) is 11.9. The van der Waals surface area contributed by atoms with Crippen molar-refractivity contribution in [3.05, 3.63) is 34.6 Å². The molecular weight excluding hydrogens is 331 g/mol. The van der Waals surface area contributed by atoms with Gasteiger partial charge in [-0.3, -0.25) is 4.79 Å². The summed E-state index contributed by atoms with van der Waals surface area (Å²) in [5, 5.41) is 12.2. The molecule has 5 nitrogen and oxygen atoms in total. The van der Waals surface area contributed by atoms with Crippen LogP contribution in [0.3, 0.4) is 0 Å². The van der Waals surface area contributed by atoms with Gasteiger partial charge in [-0.05, 0) is 32.0 Å². The second-order valence-electron chi connectivity index (χ2n) is 4.58. The summed E-state index contributed by atoms with van der Waals surface area (Å²) in [5.74, 6) is 0.0998. The first-order valence-electron chi connectivity index (χ1n) is 6.24. The molecule has 0 saturated carbocycles. The molecule has 21 heavy (non-hydrogen) atoms. The SMILES string of the molecule is CC(C)n1cnnc1SCC(=O)Nc1ccc(Cl)c(Cl)c1. The zero-order valence-electron chi connectivity index (χ0n) is 11.5. The van der Waals surface area contributed by atoms with Gasteiger partial charge in [-0.2, -0.15) is 0 Å². The molecular formula is C13H14Cl2N4OS. The monoisotopic (exact) mass is 344 g/mol. The molecule has 0 aliphatic heterocycles. The molecule has 2 aromatic rings. The fourth-order valence-electron chi connectivity index (χ4n) is 1.59. The summed E-state index contributed by atoms with van der Waals surface area (Å²) < 4.78 is 1.91. The third kappa shape index (κ3) is 4.36. The fourth-order valence-corrected chi connectivity index (χ4v) is 2.73. The van der Waals surface area contributed by atoms with Crippen LogP contribution >= 0.6 is 35.0 Å². The maximum atomic E-state index is 11.9. The predicted molar refractivity (Wildman–Crippen MR) is 86.2 cm³/mol. The van der Waals surface area contributed by atoms with Crippen LogP contribution in [-0.4, -0.2) is 26.4 Å². The number of hydrogen-bond donors (Lipinski definition) is 1. The van der Waals surface area contributed by atoms with E-state index in [2.05, 4.69) is 15.5 Å². The quantitative estimate of drug-likeness (QED) is 0.835. The van der Waals surface area contributed by atoms with Crippen molar-refractivity contribution < 1.29 is 4.79 Å². The van der Waals surface area contributed by atoms with Gasteiger partial charge in [0, 0.05) is 11.7 Å². The molecule has 1 N–H and O–H groups in total. The largest absolute Gasteiger partial charge is 0.325 e. The minimum Gasteiger partial charge on any atom is -0.325 e. The number of carbonyl (C=O) groups is 1. The molecule has 1 aromatic carbocycles. The zero-order chi connectivity index (χ0) is 15.4. The number of nitrogens with zero attached hydrogens (tertiary/aromatic N) is 3. The topological polar surface area (TPSA) is 59.8 Å². The Hall–Kier alpha value is -1.24. The second kappa shape index (κ2) is 7.15. The van der Waals surface area contributed by atoms with Gasteiger partial charge in [0.25, 0.3) is 0 Å². The first-order chi connectivity index (χ1) is 9.97. The molecule has 0 saturated heterocycles. The van der Waals surface area contributed by atoms with Crippen LogP contribution in [0.4, 0.5) is 5.69 Å². The molecule has 0 aliphatic rings. The standard InChI is InChI=1S/C13H14Cl2N4OS/c1-8(2)19-7-16-18-13(19)21-6-12(20)17-9-3-4-10(14)11(15)5-9/h3-5,7-8H,6H2,1-2H3,(H,17,20). The third-order valence-electron chi connectivity index (χ3n) is 2.63. The number of hydrogen-bond acceptors (Lipinski definition) is 4.